The van der Waals surface area contributed by atoms with Gasteiger partial charge in [-0.3, -0.25) is 0 Å². The van der Waals surface area contributed by atoms with Gasteiger partial charge in [-0.25, -0.2) is 4.99 Å². The van der Waals surface area contributed by atoms with Crippen LogP contribution >= 0.6 is 0 Å². The van der Waals surface area contributed by atoms with E-state index in [0.29, 0.717) is 0 Å². The Morgan fingerprint density at radius 2 is 1.16 bits per heavy atom. The summed E-state index contributed by atoms with van der Waals surface area (Å²) in [5.74, 6) is 2.59. The van der Waals surface area contributed by atoms with Gasteiger partial charge in [0.2, 0.25) is 0 Å². The van der Waals surface area contributed by atoms with Gasteiger partial charge in [-0.2, -0.15) is 0 Å². The van der Waals surface area contributed by atoms with Gasteiger partial charge in [0.1, 0.15) is 0 Å². The van der Waals surface area contributed by atoms with E-state index in [1.165, 1.54) is 38.5 Å². The predicted octanol–water partition coefficient (Wildman–Crippen LogP) is 5.28. The molecule has 1 aliphatic rings. The van der Waals surface area contributed by atoms with E-state index in [2.05, 4.69) is 57.7 Å². The Labute approximate surface area is 138 Å². The molecule has 19 heavy (non-hydrogen) atoms. The molecule has 0 bridgehead atoms. The Bertz CT molecular complexity index is 179. The van der Waals surface area contributed by atoms with E-state index in [-0.39, 0.29) is 23.9 Å². The quantitative estimate of drug-likeness (QED) is 0.669. The standard InChI is InChI=1S/C4H4N2.3C4H10.Sn/c1-2-6-4-3-5-1;3*1-3-4-2;/h1-3,5H;3*3-4H2,1-2H3;. The number of hydrogen-bond donors (Lipinski definition) is 1. The Morgan fingerprint density at radius 1 is 0.789 bits per heavy atom. The van der Waals surface area contributed by atoms with Crippen LogP contribution in [0.4, 0.5) is 0 Å². The molecule has 0 saturated heterocycles. The molecule has 0 atom stereocenters. The van der Waals surface area contributed by atoms with Crippen LogP contribution in [-0.2, 0) is 0 Å². The number of nitrogens with zero attached hydrogens (tertiary/aromatic N) is 1. The second kappa shape index (κ2) is 36.1. The van der Waals surface area contributed by atoms with Crippen molar-refractivity contribution in [2.45, 2.75) is 80.1 Å². The van der Waals surface area contributed by atoms with Crippen molar-refractivity contribution in [3.63, 3.8) is 0 Å². The normalized spacial score (nSPS) is 9.37. The van der Waals surface area contributed by atoms with Crippen LogP contribution in [0.2, 0.25) is 0 Å². The Hall–Kier alpha value is -0.211. The molecule has 0 aromatic rings. The van der Waals surface area contributed by atoms with E-state index >= 15 is 0 Å². The predicted molar refractivity (Wildman–Crippen MR) is 91.8 cm³/mol. The van der Waals surface area contributed by atoms with Gasteiger partial charge >= 0.3 is 0 Å². The van der Waals surface area contributed by atoms with Crippen molar-refractivity contribution in [1.29, 1.82) is 0 Å². The van der Waals surface area contributed by atoms with Crippen molar-refractivity contribution < 1.29 is 0 Å². The molecule has 2 nitrogen and oxygen atoms in total. The minimum Gasteiger partial charge on any atom is -0.359 e. The number of aliphatic imine (C=N–C) groups is 1. The molecule has 1 N–H and O–H groups in total. The van der Waals surface area contributed by atoms with E-state index < -0.39 is 0 Å². The fraction of sp³-hybridized carbons (Fsp3) is 0.750. The van der Waals surface area contributed by atoms with Crippen LogP contribution in [0.25, 0.3) is 0 Å². The summed E-state index contributed by atoms with van der Waals surface area (Å²) in [5, 5.41) is 2.77. The summed E-state index contributed by atoms with van der Waals surface area (Å²) in [6, 6.07) is 0. The number of nitrogens with one attached hydrogen (secondary N) is 1. The van der Waals surface area contributed by atoms with Crippen molar-refractivity contribution in [2.75, 3.05) is 0 Å². The van der Waals surface area contributed by atoms with Crippen LogP contribution in [0, 0.1) is 0 Å². The molecule has 0 spiro atoms. The third-order valence-corrected chi connectivity index (χ3v) is 1.97. The molecular weight excluding hydrogens is 339 g/mol. The number of hydrogen-bond acceptors (Lipinski definition) is 2. The molecule has 0 saturated carbocycles. The maximum absolute atomic E-state index is 3.63. The van der Waals surface area contributed by atoms with E-state index in [9.17, 15) is 0 Å². The molecule has 0 aliphatic carbocycles. The second-order valence-electron chi connectivity index (χ2n) is 3.88. The summed E-state index contributed by atoms with van der Waals surface area (Å²) < 4.78 is 0. The maximum Gasteiger partial charge on any atom is 0.0636 e. The number of unbranched alkanes of at least 4 members (excludes halogenated alkanes) is 3. The first-order chi connectivity index (χ1) is 8.74. The van der Waals surface area contributed by atoms with E-state index in [1.807, 2.05) is 0 Å². The van der Waals surface area contributed by atoms with Crippen molar-refractivity contribution >= 4 is 29.8 Å². The third kappa shape index (κ3) is 57.4. The molecule has 0 amide bonds. The van der Waals surface area contributed by atoms with Crippen molar-refractivity contribution in [3.8, 4) is 0 Å². The van der Waals surface area contributed by atoms with E-state index in [4.69, 9.17) is 0 Å². The Morgan fingerprint density at radius 3 is 1.21 bits per heavy atom. The molecule has 1 heterocycles. The van der Waals surface area contributed by atoms with Gasteiger partial charge in [0, 0.05) is 36.0 Å². The smallest absolute Gasteiger partial charge is 0.0636 e. The summed E-state index contributed by atoms with van der Waals surface area (Å²) in [4.78, 5) is 3.63. The van der Waals surface area contributed by atoms with Crippen LogP contribution in [-0.4, -0.2) is 29.8 Å². The van der Waals surface area contributed by atoms with E-state index in [1.54, 1.807) is 18.6 Å². The fourth-order valence-electron chi connectivity index (χ4n) is 0.246. The molecule has 1 aliphatic heterocycles. The maximum atomic E-state index is 3.63. The molecule has 3 heteroatoms. The van der Waals surface area contributed by atoms with Gasteiger partial charge in [-0.15, -0.1) is 0 Å². The van der Waals surface area contributed by atoms with Gasteiger partial charge in [-0.1, -0.05) is 80.1 Å². The zero-order valence-electron chi connectivity index (χ0n) is 13.9. The molecule has 0 aromatic carbocycles. The molecular formula is C16H34N2Sn. The Balaban J connectivity index is -0.0000000796. The first kappa shape index (κ1) is 27.2. The molecule has 0 fully saturated rings. The second-order valence-corrected chi connectivity index (χ2v) is 3.88. The first-order valence-electron chi connectivity index (χ1n) is 7.42. The zero-order chi connectivity index (χ0) is 14.5. The third-order valence-electron chi connectivity index (χ3n) is 1.97. The molecule has 0 unspecified atom stereocenters. The van der Waals surface area contributed by atoms with E-state index in [0.717, 1.165) is 0 Å². The summed E-state index contributed by atoms with van der Waals surface area (Å²) in [5.41, 5.74) is 0. The monoisotopic (exact) mass is 374 g/mol. The molecule has 0 aromatic heterocycles. The SMILES string of the molecule is C1=CNC=CN=1.CCCC.CCCC.CCCC.[Sn]. The van der Waals surface area contributed by atoms with Crippen LogP contribution in [0.5, 0.6) is 0 Å². The van der Waals surface area contributed by atoms with Gasteiger partial charge in [0.05, 0.1) is 12.4 Å². The average Bonchev–Trinajstić information content (AvgIpc) is 2.49. The van der Waals surface area contributed by atoms with Crippen molar-refractivity contribution in [3.05, 3.63) is 18.6 Å². The van der Waals surface area contributed by atoms with Gasteiger partial charge in [0.15, 0.2) is 0 Å². The average molecular weight is 373 g/mol. The van der Waals surface area contributed by atoms with Gasteiger partial charge < -0.3 is 5.32 Å². The topological polar surface area (TPSA) is 24.4 Å². The largest absolute Gasteiger partial charge is 0.359 e. The van der Waals surface area contributed by atoms with Crippen molar-refractivity contribution in [2.24, 2.45) is 4.99 Å². The van der Waals surface area contributed by atoms with Crippen LogP contribution in [0.1, 0.15) is 80.1 Å². The summed E-state index contributed by atoms with van der Waals surface area (Å²) in [7, 11) is 0. The van der Waals surface area contributed by atoms with Crippen LogP contribution in [0.3, 0.4) is 0 Å². The van der Waals surface area contributed by atoms with Crippen molar-refractivity contribution in [1.82, 2.24) is 5.32 Å². The molecule has 4 radical (unpaired) electrons. The molecule has 112 valence electrons. The zero-order valence-corrected chi connectivity index (χ0v) is 16.8. The van der Waals surface area contributed by atoms with Gasteiger partial charge in [-0.05, 0) is 0 Å². The minimum absolute atomic E-state index is 0. The Kier molecular flexibility index (Phi) is 51.6. The molecule has 1 rings (SSSR count). The van der Waals surface area contributed by atoms with Gasteiger partial charge in [0.25, 0.3) is 0 Å². The van der Waals surface area contributed by atoms with Crippen LogP contribution in [0.15, 0.2) is 23.6 Å². The summed E-state index contributed by atoms with van der Waals surface area (Å²) in [6.07, 6.45) is 12.9. The minimum atomic E-state index is 0. The summed E-state index contributed by atoms with van der Waals surface area (Å²) in [6.45, 7) is 13.1. The first-order valence-corrected chi connectivity index (χ1v) is 7.42. The fourth-order valence-corrected chi connectivity index (χ4v) is 0.246. The van der Waals surface area contributed by atoms with Crippen LogP contribution < -0.4 is 5.32 Å². The summed E-state index contributed by atoms with van der Waals surface area (Å²) >= 11 is 0. The number of rotatable bonds is 3.